The Kier molecular flexibility index (Phi) is 5.58. The highest BCUT2D eigenvalue weighted by Crippen LogP contribution is 2.21. The predicted octanol–water partition coefficient (Wildman–Crippen LogP) is 5.55. The highest BCUT2D eigenvalue weighted by Gasteiger charge is 2.04. The molecule has 114 valence electrons. The first-order valence-electron chi connectivity index (χ1n) is 6.69. The highest BCUT2D eigenvalue weighted by molar-refractivity contribution is 7.00. The third-order valence-electron chi connectivity index (χ3n) is 2.90. The minimum Gasteiger partial charge on any atom is -0.497 e. The maximum absolute atomic E-state index is 6.14. The zero-order valence-corrected chi connectivity index (χ0v) is 14.1. The number of rotatable bonds is 4. The molecule has 0 saturated carbocycles. The molecule has 2 rings (SSSR count). The molecule has 2 aromatic rings. The lowest BCUT2D eigenvalue weighted by Crippen LogP contribution is -1.98. The van der Waals surface area contributed by atoms with Gasteiger partial charge in [-0.25, -0.2) is 9.98 Å². The molecule has 0 unspecified atom stereocenters. The number of methoxy groups -OCH3 is 1. The lowest BCUT2D eigenvalue weighted by atomic mass is 10.1. The van der Waals surface area contributed by atoms with Crippen molar-refractivity contribution < 1.29 is 4.74 Å². The average molecular weight is 335 g/mol. The van der Waals surface area contributed by atoms with Crippen LogP contribution in [0, 0.1) is 13.8 Å². The molecular formula is C17H16Cl2N2O. The van der Waals surface area contributed by atoms with E-state index in [9.17, 15) is 0 Å². The maximum atomic E-state index is 6.14. The van der Waals surface area contributed by atoms with E-state index in [2.05, 4.69) is 16.1 Å². The van der Waals surface area contributed by atoms with Crippen LogP contribution in [0.3, 0.4) is 0 Å². The number of hydrogen-bond donors (Lipinski definition) is 0. The first kappa shape index (κ1) is 16.5. The molecule has 0 bridgehead atoms. The van der Waals surface area contributed by atoms with Crippen molar-refractivity contribution in [3.05, 3.63) is 53.6 Å². The normalized spacial score (nSPS) is 12.4. The standard InChI is InChI=1S/C17H16Cl2N2O/c1-11-8-12(2)10-14(9-11)21-17(19)16(18)20-13-4-6-15(22-3)7-5-13/h4-10H,1-3H3. The topological polar surface area (TPSA) is 34.0 Å². The summed E-state index contributed by atoms with van der Waals surface area (Å²) in [5.41, 5.74) is 3.67. The van der Waals surface area contributed by atoms with Crippen LogP contribution in [0.1, 0.15) is 11.1 Å². The summed E-state index contributed by atoms with van der Waals surface area (Å²) >= 11 is 12.3. The smallest absolute Gasteiger partial charge is 0.166 e. The number of benzene rings is 2. The molecule has 0 saturated heterocycles. The largest absolute Gasteiger partial charge is 0.497 e. The Balaban J connectivity index is 2.24. The molecule has 2 aromatic carbocycles. The summed E-state index contributed by atoms with van der Waals surface area (Å²) < 4.78 is 5.09. The summed E-state index contributed by atoms with van der Waals surface area (Å²) in [6.45, 7) is 4.01. The Morgan fingerprint density at radius 1 is 0.818 bits per heavy atom. The molecule has 0 spiro atoms. The minimum absolute atomic E-state index is 0.144. The first-order valence-corrected chi connectivity index (χ1v) is 7.44. The van der Waals surface area contributed by atoms with Gasteiger partial charge in [0.15, 0.2) is 10.3 Å². The molecule has 0 aromatic heterocycles. The van der Waals surface area contributed by atoms with Crippen LogP contribution in [0.2, 0.25) is 0 Å². The number of halogens is 2. The number of aryl methyl sites for hydroxylation is 2. The van der Waals surface area contributed by atoms with E-state index in [4.69, 9.17) is 27.9 Å². The van der Waals surface area contributed by atoms with Gasteiger partial charge >= 0.3 is 0 Å². The zero-order valence-electron chi connectivity index (χ0n) is 12.6. The summed E-state index contributed by atoms with van der Waals surface area (Å²) in [7, 11) is 1.61. The van der Waals surface area contributed by atoms with Crippen molar-refractivity contribution in [1.29, 1.82) is 0 Å². The van der Waals surface area contributed by atoms with Crippen LogP contribution >= 0.6 is 23.2 Å². The van der Waals surface area contributed by atoms with Crippen LogP contribution in [0.15, 0.2) is 52.4 Å². The van der Waals surface area contributed by atoms with Gasteiger partial charge in [0, 0.05) is 0 Å². The van der Waals surface area contributed by atoms with Gasteiger partial charge < -0.3 is 4.74 Å². The minimum atomic E-state index is 0.144. The van der Waals surface area contributed by atoms with Gasteiger partial charge in [-0.05, 0) is 61.4 Å². The molecule has 5 heteroatoms. The van der Waals surface area contributed by atoms with Crippen LogP contribution in [-0.4, -0.2) is 17.5 Å². The fourth-order valence-electron chi connectivity index (χ4n) is 1.99. The molecular weight excluding hydrogens is 319 g/mol. The lowest BCUT2D eigenvalue weighted by molar-refractivity contribution is 0.415. The third-order valence-corrected chi connectivity index (χ3v) is 3.53. The van der Waals surface area contributed by atoms with E-state index in [1.807, 2.05) is 26.0 Å². The fraction of sp³-hybridized carbons (Fsp3) is 0.176. The molecule has 3 nitrogen and oxygen atoms in total. The van der Waals surface area contributed by atoms with Crippen molar-refractivity contribution in [2.24, 2.45) is 9.98 Å². The predicted molar refractivity (Wildman–Crippen MR) is 94.8 cm³/mol. The van der Waals surface area contributed by atoms with Crippen molar-refractivity contribution >= 4 is 44.9 Å². The summed E-state index contributed by atoms with van der Waals surface area (Å²) in [5, 5.41) is 0.300. The van der Waals surface area contributed by atoms with Gasteiger partial charge in [0.2, 0.25) is 0 Å². The lowest BCUT2D eigenvalue weighted by Gasteiger charge is -2.02. The Bertz CT molecular complexity index is 702. The number of aliphatic imine (C=N–C) groups is 2. The summed E-state index contributed by atoms with van der Waals surface area (Å²) in [4.78, 5) is 8.54. The van der Waals surface area contributed by atoms with Gasteiger partial charge in [0.1, 0.15) is 5.75 Å². The van der Waals surface area contributed by atoms with Crippen molar-refractivity contribution in [2.75, 3.05) is 7.11 Å². The van der Waals surface area contributed by atoms with Crippen molar-refractivity contribution in [3.63, 3.8) is 0 Å². The Morgan fingerprint density at radius 3 is 1.82 bits per heavy atom. The van der Waals surface area contributed by atoms with Gasteiger partial charge in [-0.3, -0.25) is 0 Å². The molecule has 0 aliphatic heterocycles. The molecule has 0 aliphatic carbocycles. The van der Waals surface area contributed by atoms with Crippen LogP contribution in [-0.2, 0) is 0 Å². The Labute approximate surface area is 140 Å². The Morgan fingerprint density at radius 2 is 1.32 bits per heavy atom. The van der Waals surface area contributed by atoms with Crippen molar-refractivity contribution in [2.45, 2.75) is 13.8 Å². The van der Waals surface area contributed by atoms with E-state index in [0.717, 1.165) is 22.6 Å². The summed E-state index contributed by atoms with van der Waals surface area (Å²) in [5.74, 6) is 0.755. The van der Waals surface area contributed by atoms with Crippen molar-refractivity contribution in [3.8, 4) is 5.75 Å². The first-order chi connectivity index (χ1) is 10.5. The van der Waals surface area contributed by atoms with Crippen molar-refractivity contribution in [1.82, 2.24) is 0 Å². The SMILES string of the molecule is COc1ccc(N=C(Cl)C(Cl)=Nc2cc(C)cc(C)c2)cc1. The second kappa shape index (κ2) is 7.43. The van der Waals surface area contributed by atoms with Gasteiger partial charge in [0.05, 0.1) is 18.5 Å². The number of hydrogen-bond acceptors (Lipinski definition) is 3. The molecule has 0 N–H and O–H groups in total. The maximum Gasteiger partial charge on any atom is 0.166 e. The second-order valence-corrected chi connectivity index (χ2v) is 5.57. The van der Waals surface area contributed by atoms with Gasteiger partial charge in [-0.15, -0.1) is 0 Å². The number of nitrogens with zero attached hydrogens (tertiary/aromatic N) is 2. The molecule has 0 amide bonds. The summed E-state index contributed by atoms with van der Waals surface area (Å²) in [6.07, 6.45) is 0. The van der Waals surface area contributed by atoms with E-state index in [1.54, 1.807) is 31.4 Å². The van der Waals surface area contributed by atoms with E-state index in [0.29, 0.717) is 5.69 Å². The van der Waals surface area contributed by atoms with Crippen LogP contribution in [0.5, 0.6) is 5.75 Å². The molecule has 0 heterocycles. The van der Waals surface area contributed by atoms with Gasteiger partial charge in [0.25, 0.3) is 0 Å². The van der Waals surface area contributed by atoms with Crippen LogP contribution < -0.4 is 4.74 Å². The van der Waals surface area contributed by atoms with E-state index >= 15 is 0 Å². The van der Waals surface area contributed by atoms with Crippen LogP contribution in [0.25, 0.3) is 0 Å². The summed E-state index contributed by atoms with van der Waals surface area (Å²) in [6, 6.07) is 13.1. The van der Waals surface area contributed by atoms with E-state index < -0.39 is 0 Å². The van der Waals surface area contributed by atoms with E-state index in [-0.39, 0.29) is 10.3 Å². The monoisotopic (exact) mass is 334 g/mol. The highest BCUT2D eigenvalue weighted by atomic mass is 35.5. The van der Waals surface area contributed by atoms with Crippen LogP contribution in [0.4, 0.5) is 11.4 Å². The quantitative estimate of drug-likeness (QED) is 0.675. The second-order valence-electron chi connectivity index (χ2n) is 4.85. The van der Waals surface area contributed by atoms with Gasteiger partial charge in [-0.1, -0.05) is 29.3 Å². The molecule has 0 radical (unpaired) electrons. The fourth-order valence-corrected chi connectivity index (χ4v) is 2.27. The zero-order chi connectivity index (χ0) is 16.1. The molecule has 22 heavy (non-hydrogen) atoms. The third kappa shape index (κ3) is 4.58. The van der Waals surface area contributed by atoms with Gasteiger partial charge in [-0.2, -0.15) is 0 Å². The molecule has 0 fully saturated rings. The molecule has 0 atom stereocenters. The van der Waals surface area contributed by atoms with E-state index in [1.165, 1.54) is 0 Å². The Hall–Kier alpha value is -1.84. The number of ether oxygens (including phenoxy) is 1. The average Bonchev–Trinajstić information content (AvgIpc) is 2.46. The molecule has 0 aliphatic rings.